The van der Waals surface area contributed by atoms with E-state index in [4.69, 9.17) is 9.94 Å². The summed E-state index contributed by atoms with van der Waals surface area (Å²) in [5.41, 5.74) is 7.89. The molecule has 0 radical (unpaired) electrons. The highest BCUT2D eigenvalue weighted by Crippen LogP contribution is 2.40. The van der Waals surface area contributed by atoms with E-state index in [2.05, 4.69) is 46.4 Å². The molecule has 1 heterocycles. The third kappa shape index (κ3) is 4.82. The highest BCUT2D eigenvalue weighted by atomic mass is 16.5. The molecule has 1 fully saturated rings. The number of H-pyrrole nitrogens is 1. The van der Waals surface area contributed by atoms with E-state index in [1.54, 1.807) is 18.7 Å². The fourth-order valence-corrected chi connectivity index (χ4v) is 5.08. The summed E-state index contributed by atoms with van der Waals surface area (Å²) < 4.78 is 5.36. The van der Waals surface area contributed by atoms with Crippen LogP contribution in [0.5, 0.6) is 5.75 Å². The number of carbonyl (C=O) groups excluding carboxylic acids is 1. The first-order chi connectivity index (χ1) is 16.1. The SMILES string of the molecule is COc1ccc2c(CCN(CC3CC3)C3CCc4cc(C=CC(=O)NO)ccc43)c[nH]c2c1. The van der Waals surface area contributed by atoms with Gasteiger partial charge in [-0.05, 0) is 78.5 Å². The Balaban J connectivity index is 1.32. The van der Waals surface area contributed by atoms with Crippen molar-refractivity contribution in [2.24, 2.45) is 5.92 Å². The molecule has 1 unspecified atom stereocenters. The highest BCUT2D eigenvalue weighted by molar-refractivity contribution is 5.90. The van der Waals surface area contributed by atoms with Crippen LogP contribution in [0.1, 0.15) is 47.6 Å². The monoisotopic (exact) mass is 445 g/mol. The molecular formula is C27H31N3O3. The van der Waals surface area contributed by atoms with E-state index in [-0.39, 0.29) is 0 Å². The molecule has 6 heteroatoms. The van der Waals surface area contributed by atoms with Crippen LogP contribution in [-0.4, -0.2) is 41.2 Å². The standard InChI is InChI=1S/C27H31N3O3/c1-33-22-7-9-23-21(16-28-25(23)15-22)12-13-30(17-19-2-3-19)26-10-6-20-14-18(4-8-24(20)26)5-11-27(31)29-32/h4-5,7-9,11,14-16,19,26,28,32H,2-3,6,10,12-13,17H2,1H3,(H,29,31). The van der Waals surface area contributed by atoms with Crippen molar-refractivity contribution in [1.29, 1.82) is 0 Å². The summed E-state index contributed by atoms with van der Waals surface area (Å²) in [7, 11) is 1.70. The molecule has 1 saturated carbocycles. The second-order valence-electron chi connectivity index (χ2n) is 9.24. The van der Waals surface area contributed by atoms with Crippen molar-refractivity contribution < 1.29 is 14.7 Å². The van der Waals surface area contributed by atoms with Crippen molar-refractivity contribution in [2.75, 3.05) is 20.2 Å². The number of ether oxygens (including phenoxy) is 1. The fraction of sp³-hybridized carbons (Fsp3) is 0.370. The molecule has 1 atom stereocenters. The van der Waals surface area contributed by atoms with Crippen LogP contribution in [0.2, 0.25) is 0 Å². The van der Waals surface area contributed by atoms with Crippen LogP contribution in [0, 0.1) is 5.92 Å². The molecule has 0 bridgehead atoms. The van der Waals surface area contributed by atoms with Gasteiger partial charge in [0, 0.05) is 48.4 Å². The van der Waals surface area contributed by atoms with Crippen molar-refractivity contribution in [3.05, 3.63) is 70.9 Å². The number of fused-ring (bicyclic) bond motifs is 2. The molecule has 172 valence electrons. The summed E-state index contributed by atoms with van der Waals surface area (Å²) in [5.74, 6) is 1.19. The van der Waals surface area contributed by atoms with Crippen LogP contribution in [0.4, 0.5) is 0 Å². The van der Waals surface area contributed by atoms with E-state index in [0.29, 0.717) is 6.04 Å². The number of aryl methyl sites for hydroxylation is 1. The van der Waals surface area contributed by atoms with Crippen LogP contribution in [0.15, 0.2) is 48.7 Å². The van der Waals surface area contributed by atoms with Crippen molar-refractivity contribution in [2.45, 2.75) is 38.1 Å². The van der Waals surface area contributed by atoms with Gasteiger partial charge in [0.05, 0.1) is 7.11 Å². The lowest BCUT2D eigenvalue weighted by molar-refractivity contribution is -0.124. The van der Waals surface area contributed by atoms with E-state index in [1.807, 2.05) is 6.07 Å². The summed E-state index contributed by atoms with van der Waals surface area (Å²) in [6.45, 7) is 2.20. The van der Waals surface area contributed by atoms with Crippen LogP contribution in [-0.2, 0) is 17.6 Å². The van der Waals surface area contributed by atoms with Crippen molar-refractivity contribution in [3.63, 3.8) is 0 Å². The van der Waals surface area contributed by atoms with Crippen LogP contribution >= 0.6 is 0 Å². The fourth-order valence-electron chi connectivity index (χ4n) is 5.08. The van der Waals surface area contributed by atoms with Gasteiger partial charge < -0.3 is 9.72 Å². The van der Waals surface area contributed by atoms with Crippen molar-refractivity contribution in [3.8, 4) is 5.75 Å². The molecule has 2 aliphatic carbocycles. The first-order valence-electron chi connectivity index (χ1n) is 11.8. The maximum Gasteiger partial charge on any atom is 0.267 e. The Morgan fingerprint density at radius 1 is 1.24 bits per heavy atom. The van der Waals surface area contributed by atoms with E-state index in [9.17, 15) is 4.79 Å². The molecular weight excluding hydrogens is 414 g/mol. The van der Waals surface area contributed by atoms with E-state index in [1.165, 1.54) is 47.5 Å². The molecule has 0 spiro atoms. The largest absolute Gasteiger partial charge is 0.497 e. The number of nitrogens with zero attached hydrogens (tertiary/aromatic N) is 1. The zero-order chi connectivity index (χ0) is 22.8. The van der Waals surface area contributed by atoms with Gasteiger partial charge in [-0.2, -0.15) is 0 Å². The van der Waals surface area contributed by atoms with E-state index >= 15 is 0 Å². The Bertz CT molecular complexity index is 1180. The molecule has 1 aromatic heterocycles. The number of aromatic nitrogens is 1. The molecule has 5 rings (SSSR count). The average Bonchev–Trinajstić information content (AvgIpc) is 3.43. The molecule has 2 aromatic carbocycles. The zero-order valence-corrected chi connectivity index (χ0v) is 19.0. The van der Waals surface area contributed by atoms with Gasteiger partial charge in [0.25, 0.3) is 5.91 Å². The minimum atomic E-state index is -0.514. The topological polar surface area (TPSA) is 77.6 Å². The predicted molar refractivity (Wildman–Crippen MR) is 129 cm³/mol. The first-order valence-corrected chi connectivity index (χ1v) is 11.8. The molecule has 0 saturated heterocycles. The normalized spacial score (nSPS) is 17.7. The minimum absolute atomic E-state index is 0.449. The van der Waals surface area contributed by atoms with Crippen LogP contribution in [0.3, 0.4) is 0 Å². The second-order valence-corrected chi connectivity index (χ2v) is 9.24. The van der Waals surface area contributed by atoms with E-state index < -0.39 is 5.91 Å². The van der Waals surface area contributed by atoms with Gasteiger partial charge in [0.1, 0.15) is 5.75 Å². The van der Waals surface area contributed by atoms with E-state index in [0.717, 1.165) is 48.6 Å². The number of carbonyl (C=O) groups is 1. The minimum Gasteiger partial charge on any atom is -0.497 e. The van der Waals surface area contributed by atoms with Gasteiger partial charge >= 0.3 is 0 Å². The number of rotatable bonds is 9. The summed E-state index contributed by atoms with van der Waals surface area (Å²) >= 11 is 0. The molecule has 0 aliphatic heterocycles. The van der Waals surface area contributed by atoms with Gasteiger partial charge in [-0.15, -0.1) is 0 Å². The molecule has 33 heavy (non-hydrogen) atoms. The Hall–Kier alpha value is -3.09. The first kappa shape index (κ1) is 21.7. The highest BCUT2D eigenvalue weighted by Gasteiger charge is 2.32. The Morgan fingerprint density at radius 2 is 2.12 bits per heavy atom. The number of aromatic amines is 1. The number of hydrogen-bond acceptors (Lipinski definition) is 4. The maximum absolute atomic E-state index is 11.3. The van der Waals surface area contributed by atoms with Gasteiger partial charge in [-0.1, -0.05) is 18.2 Å². The number of nitrogens with one attached hydrogen (secondary N) is 2. The maximum atomic E-state index is 11.3. The summed E-state index contributed by atoms with van der Waals surface area (Å²) in [4.78, 5) is 17.4. The predicted octanol–water partition coefficient (Wildman–Crippen LogP) is 4.64. The number of amides is 1. The summed E-state index contributed by atoms with van der Waals surface area (Å²) in [6, 6.07) is 13.2. The zero-order valence-electron chi connectivity index (χ0n) is 19.0. The van der Waals surface area contributed by atoms with Crippen LogP contribution < -0.4 is 10.2 Å². The molecule has 2 aliphatic rings. The third-order valence-electron chi connectivity index (χ3n) is 7.02. The number of methoxy groups -OCH3 is 1. The smallest absolute Gasteiger partial charge is 0.267 e. The average molecular weight is 446 g/mol. The number of benzene rings is 2. The summed E-state index contributed by atoms with van der Waals surface area (Å²) in [5, 5.41) is 9.95. The van der Waals surface area contributed by atoms with Gasteiger partial charge in [0.2, 0.25) is 0 Å². The second kappa shape index (κ2) is 9.41. The third-order valence-corrected chi connectivity index (χ3v) is 7.02. The van der Waals surface area contributed by atoms with Gasteiger partial charge in [-0.25, -0.2) is 5.48 Å². The van der Waals surface area contributed by atoms with Gasteiger partial charge in [0.15, 0.2) is 0 Å². The Labute approximate surface area is 194 Å². The van der Waals surface area contributed by atoms with Gasteiger partial charge in [-0.3, -0.25) is 14.9 Å². The quantitative estimate of drug-likeness (QED) is 0.255. The lowest BCUT2D eigenvalue weighted by atomic mass is 10.0. The molecule has 3 N–H and O–H groups in total. The summed E-state index contributed by atoms with van der Waals surface area (Å²) in [6.07, 6.45) is 11.1. The molecule has 6 nitrogen and oxygen atoms in total. The van der Waals surface area contributed by atoms with Crippen molar-refractivity contribution >= 4 is 22.9 Å². The lowest BCUT2D eigenvalue weighted by Crippen LogP contribution is -2.31. The Morgan fingerprint density at radius 3 is 2.91 bits per heavy atom. The molecule has 1 amide bonds. The number of hydroxylamine groups is 1. The Kier molecular flexibility index (Phi) is 6.20. The van der Waals surface area contributed by atoms with Crippen LogP contribution in [0.25, 0.3) is 17.0 Å². The lowest BCUT2D eigenvalue weighted by Gasteiger charge is -2.30. The number of hydrogen-bond donors (Lipinski definition) is 3. The molecule has 3 aromatic rings. The van der Waals surface area contributed by atoms with Crippen molar-refractivity contribution in [1.82, 2.24) is 15.4 Å².